The van der Waals surface area contributed by atoms with E-state index >= 15 is 0 Å². The first-order valence-electron chi connectivity index (χ1n) is 6.59. The van der Waals surface area contributed by atoms with Crippen LogP contribution in [-0.2, 0) is 4.79 Å². The fraction of sp³-hybridized carbons (Fsp3) is 0.500. The molecule has 1 aromatic rings. The standard InChI is InChI=1S/C14H18ClFN2O/c1-2-9-5-6-17-13(7-9)14(19)18-12-8-10(16)3-4-11(12)15/h3-4,8-9,13,17H,2,5-7H2,1H3,(H,18,19). The van der Waals surface area contributed by atoms with E-state index in [2.05, 4.69) is 17.6 Å². The molecule has 0 aromatic heterocycles. The van der Waals surface area contributed by atoms with Gasteiger partial charge in [0, 0.05) is 0 Å². The van der Waals surface area contributed by atoms with Gasteiger partial charge in [0.25, 0.3) is 0 Å². The van der Waals surface area contributed by atoms with E-state index in [0.29, 0.717) is 16.6 Å². The summed E-state index contributed by atoms with van der Waals surface area (Å²) in [6.45, 7) is 2.97. The van der Waals surface area contributed by atoms with Crippen LogP contribution in [0.1, 0.15) is 26.2 Å². The van der Waals surface area contributed by atoms with Gasteiger partial charge in [-0.1, -0.05) is 24.9 Å². The van der Waals surface area contributed by atoms with Crippen molar-refractivity contribution >= 4 is 23.2 Å². The molecule has 2 atom stereocenters. The molecule has 0 radical (unpaired) electrons. The minimum Gasteiger partial charge on any atom is -0.323 e. The van der Waals surface area contributed by atoms with Crippen molar-refractivity contribution in [2.24, 2.45) is 5.92 Å². The second-order valence-corrected chi connectivity index (χ2v) is 5.33. The van der Waals surface area contributed by atoms with Crippen molar-refractivity contribution in [2.75, 3.05) is 11.9 Å². The van der Waals surface area contributed by atoms with Crippen LogP contribution in [-0.4, -0.2) is 18.5 Å². The van der Waals surface area contributed by atoms with Gasteiger partial charge in [-0.15, -0.1) is 0 Å². The highest BCUT2D eigenvalue weighted by atomic mass is 35.5. The van der Waals surface area contributed by atoms with E-state index in [1.807, 2.05) is 0 Å². The largest absolute Gasteiger partial charge is 0.323 e. The number of carbonyl (C=O) groups excluding carboxylic acids is 1. The van der Waals surface area contributed by atoms with Crippen LogP contribution in [0.25, 0.3) is 0 Å². The SMILES string of the molecule is CCC1CCNC(C(=O)Nc2cc(F)ccc2Cl)C1. The Kier molecular flexibility index (Phi) is 4.77. The Morgan fingerprint density at radius 3 is 3.11 bits per heavy atom. The van der Waals surface area contributed by atoms with Gasteiger partial charge in [0.15, 0.2) is 0 Å². The lowest BCUT2D eigenvalue weighted by atomic mass is 9.90. The van der Waals surface area contributed by atoms with E-state index < -0.39 is 5.82 Å². The summed E-state index contributed by atoms with van der Waals surface area (Å²) in [5.74, 6) is 0.00775. The average Bonchev–Trinajstić information content (AvgIpc) is 2.43. The van der Waals surface area contributed by atoms with Gasteiger partial charge in [-0.2, -0.15) is 0 Å². The molecule has 5 heteroatoms. The fourth-order valence-corrected chi connectivity index (χ4v) is 2.54. The smallest absolute Gasteiger partial charge is 0.241 e. The van der Waals surface area contributed by atoms with E-state index in [0.717, 1.165) is 25.8 Å². The van der Waals surface area contributed by atoms with Gasteiger partial charge in [0.1, 0.15) is 5.82 Å². The average molecular weight is 285 g/mol. The highest BCUT2D eigenvalue weighted by Crippen LogP contribution is 2.24. The number of hydrogen-bond donors (Lipinski definition) is 2. The monoisotopic (exact) mass is 284 g/mol. The number of rotatable bonds is 3. The van der Waals surface area contributed by atoms with Crippen LogP contribution in [0, 0.1) is 11.7 Å². The zero-order valence-corrected chi connectivity index (χ0v) is 11.6. The topological polar surface area (TPSA) is 41.1 Å². The number of piperidine rings is 1. The lowest BCUT2D eigenvalue weighted by molar-refractivity contribution is -0.119. The molecule has 0 saturated carbocycles. The molecule has 3 nitrogen and oxygen atoms in total. The van der Waals surface area contributed by atoms with Crippen molar-refractivity contribution in [3.63, 3.8) is 0 Å². The predicted molar refractivity (Wildman–Crippen MR) is 74.8 cm³/mol. The van der Waals surface area contributed by atoms with E-state index in [1.54, 1.807) is 0 Å². The molecule has 2 unspecified atom stereocenters. The Morgan fingerprint density at radius 2 is 2.37 bits per heavy atom. The summed E-state index contributed by atoms with van der Waals surface area (Å²) in [6, 6.07) is 3.72. The normalized spacial score (nSPS) is 23.1. The molecule has 2 rings (SSSR count). The molecule has 104 valence electrons. The van der Waals surface area contributed by atoms with Gasteiger partial charge in [0.05, 0.1) is 16.8 Å². The van der Waals surface area contributed by atoms with Crippen molar-refractivity contribution in [1.82, 2.24) is 5.32 Å². The summed E-state index contributed by atoms with van der Waals surface area (Å²) < 4.78 is 13.1. The van der Waals surface area contributed by atoms with Crippen molar-refractivity contribution in [3.8, 4) is 0 Å². The van der Waals surface area contributed by atoms with Crippen LogP contribution < -0.4 is 10.6 Å². The van der Waals surface area contributed by atoms with Gasteiger partial charge in [-0.05, 0) is 43.5 Å². The number of halogens is 2. The molecule has 2 N–H and O–H groups in total. The van der Waals surface area contributed by atoms with E-state index in [1.165, 1.54) is 18.2 Å². The van der Waals surface area contributed by atoms with Gasteiger partial charge < -0.3 is 10.6 Å². The van der Waals surface area contributed by atoms with E-state index in [4.69, 9.17) is 11.6 Å². The third-order valence-corrected chi connectivity index (χ3v) is 3.92. The van der Waals surface area contributed by atoms with Gasteiger partial charge in [-0.3, -0.25) is 4.79 Å². The first kappa shape index (κ1) is 14.3. The lowest BCUT2D eigenvalue weighted by Gasteiger charge is -2.28. The molecule has 1 fully saturated rings. The lowest BCUT2D eigenvalue weighted by Crippen LogP contribution is -2.46. The molecule has 0 spiro atoms. The molecular weight excluding hydrogens is 267 g/mol. The highest BCUT2D eigenvalue weighted by molar-refractivity contribution is 6.33. The third-order valence-electron chi connectivity index (χ3n) is 3.59. The quantitative estimate of drug-likeness (QED) is 0.895. The maximum atomic E-state index is 13.1. The summed E-state index contributed by atoms with van der Waals surface area (Å²) in [5, 5.41) is 6.23. The first-order valence-corrected chi connectivity index (χ1v) is 6.97. The van der Waals surface area contributed by atoms with E-state index in [-0.39, 0.29) is 11.9 Å². The number of carbonyl (C=O) groups is 1. The Morgan fingerprint density at radius 1 is 1.58 bits per heavy atom. The summed E-state index contributed by atoms with van der Waals surface area (Å²) in [6.07, 6.45) is 2.99. The van der Waals surface area contributed by atoms with Crippen LogP contribution >= 0.6 is 11.6 Å². The number of hydrogen-bond acceptors (Lipinski definition) is 2. The Bertz CT molecular complexity index is 467. The highest BCUT2D eigenvalue weighted by Gasteiger charge is 2.26. The predicted octanol–water partition coefficient (Wildman–Crippen LogP) is 3.20. The third kappa shape index (κ3) is 3.67. The second-order valence-electron chi connectivity index (χ2n) is 4.92. The molecule has 1 saturated heterocycles. The minimum atomic E-state index is -0.414. The summed E-state index contributed by atoms with van der Waals surface area (Å²) in [4.78, 5) is 12.1. The molecule has 1 aliphatic heterocycles. The number of benzene rings is 1. The Balaban J connectivity index is 2.02. The minimum absolute atomic E-state index is 0.148. The van der Waals surface area contributed by atoms with Crippen LogP contribution in [0.15, 0.2) is 18.2 Å². The van der Waals surface area contributed by atoms with Gasteiger partial charge >= 0.3 is 0 Å². The number of amides is 1. The number of nitrogens with one attached hydrogen (secondary N) is 2. The van der Waals surface area contributed by atoms with Crippen LogP contribution in [0.2, 0.25) is 5.02 Å². The molecule has 1 aliphatic rings. The molecule has 0 aliphatic carbocycles. The molecule has 19 heavy (non-hydrogen) atoms. The van der Waals surface area contributed by atoms with Crippen LogP contribution in [0.4, 0.5) is 10.1 Å². The van der Waals surface area contributed by atoms with E-state index in [9.17, 15) is 9.18 Å². The Hall–Kier alpha value is -1.13. The summed E-state index contributed by atoms with van der Waals surface area (Å²) in [7, 11) is 0. The van der Waals surface area contributed by atoms with Crippen molar-refractivity contribution in [3.05, 3.63) is 29.0 Å². The van der Waals surface area contributed by atoms with Crippen molar-refractivity contribution in [1.29, 1.82) is 0 Å². The molecule has 1 aromatic carbocycles. The summed E-state index contributed by atoms with van der Waals surface area (Å²) in [5.41, 5.74) is 0.326. The van der Waals surface area contributed by atoms with Crippen LogP contribution in [0.3, 0.4) is 0 Å². The first-order chi connectivity index (χ1) is 9.10. The van der Waals surface area contributed by atoms with Gasteiger partial charge in [0.2, 0.25) is 5.91 Å². The van der Waals surface area contributed by atoms with Gasteiger partial charge in [-0.25, -0.2) is 4.39 Å². The molecular formula is C14H18ClFN2O. The molecule has 1 heterocycles. The Labute approximate surface area is 117 Å². The maximum Gasteiger partial charge on any atom is 0.241 e. The second kappa shape index (κ2) is 6.35. The van der Waals surface area contributed by atoms with Crippen molar-refractivity contribution < 1.29 is 9.18 Å². The zero-order valence-electron chi connectivity index (χ0n) is 10.9. The maximum absolute atomic E-state index is 13.1. The zero-order chi connectivity index (χ0) is 13.8. The summed E-state index contributed by atoms with van der Waals surface area (Å²) >= 11 is 5.93. The van der Waals surface area contributed by atoms with Crippen LogP contribution in [0.5, 0.6) is 0 Å². The molecule has 0 bridgehead atoms. The van der Waals surface area contributed by atoms with Crippen molar-refractivity contribution in [2.45, 2.75) is 32.2 Å². The fourth-order valence-electron chi connectivity index (χ4n) is 2.38. The number of anilines is 1. The molecule has 1 amide bonds.